The van der Waals surface area contributed by atoms with Crippen LogP contribution in [0.15, 0.2) is 181 Å². The second-order valence-corrected chi connectivity index (χ2v) is 16.0. The molecule has 0 aliphatic heterocycles. The molecule has 0 bridgehead atoms. The molecule has 8 nitrogen and oxygen atoms in total. The van der Waals surface area contributed by atoms with Crippen molar-refractivity contribution in [3.8, 4) is 57.4 Å². The van der Waals surface area contributed by atoms with Crippen molar-refractivity contribution >= 4 is 17.8 Å². The van der Waals surface area contributed by atoms with Gasteiger partial charge in [0, 0.05) is 21.6 Å². The minimum absolute atomic E-state index is 0.192. The number of hydrogen-bond acceptors (Lipinski definition) is 9. The van der Waals surface area contributed by atoms with Gasteiger partial charge in [-0.05, 0) is 118 Å². The van der Waals surface area contributed by atoms with Crippen LogP contribution in [0.1, 0.15) is 67.4 Å². The summed E-state index contributed by atoms with van der Waals surface area (Å²) in [6.45, 7) is 3.89. The number of nitrogens with zero attached hydrogens (tertiary/aromatic N) is 2. The molecular formula is C55H38N2O6S. The largest absolute Gasteiger partial charge is 0.456 e. The summed E-state index contributed by atoms with van der Waals surface area (Å²) >= 11 is 0.780. The van der Waals surface area contributed by atoms with Crippen LogP contribution in [-0.2, 0) is 21.2 Å². The minimum Gasteiger partial charge on any atom is -0.456 e. The first-order valence-corrected chi connectivity index (χ1v) is 21.3. The van der Waals surface area contributed by atoms with E-state index in [-0.39, 0.29) is 5.78 Å². The second-order valence-electron chi connectivity index (χ2n) is 15.3. The quantitative estimate of drug-likeness (QED) is 0.0523. The molecule has 8 aromatic rings. The van der Waals surface area contributed by atoms with Crippen molar-refractivity contribution in [3.63, 3.8) is 0 Å². The highest BCUT2D eigenvalue weighted by Gasteiger charge is 2.46. The summed E-state index contributed by atoms with van der Waals surface area (Å²) in [5.41, 5.74) is 10.8. The van der Waals surface area contributed by atoms with Gasteiger partial charge >= 0.3 is 0 Å². The predicted molar refractivity (Wildman–Crippen MR) is 246 cm³/mol. The third kappa shape index (κ3) is 7.49. The summed E-state index contributed by atoms with van der Waals surface area (Å²) in [5, 5.41) is 32.8. The minimum atomic E-state index is -0.690. The van der Waals surface area contributed by atoms with Crippen molar-refractivity contribution in [2.45, 2.75) is 30.6 Å². The van der Waals surface area contributed by atoms with Gasteiger partial charge in [0.1, 0.15) is 40.7 Å². The molecule has 0 saturated carbocycles. The lowest BCUT2D eigenvalue weighted by atomic mass is 9.68. The Morgan fingerprint density at radius 1 is 0.625 bits per heavy atom. The topological polar surface area (TPSA) is 122 Å². The van der Waals surface area contributed by atoms with E-state index in [0.717, 1.165) is 56.6 Å². The molecule has 0 unspecified atom stereocenters. The number of hydrogen-bond donors (Lipinski definition) is 1. The van der Waals surface area contributed by atoms with E-state index in [1.807, 2.05) is 86.6 Å². The SMILES string of the molecule is CCc1ccc(-c2cccc(Oc3ccc(C4(c5ccc(Oc6cccc(C)c6C#N)cc5)c5ccccc5-c5ccccc54)cc3)c2C#N)cc1C(=O)c1cccc(SOOO)c1. The van der Waals surface area contributed by atoms with Crippen LogP contribution in [-0.4, -0.2) is 11.0 Å². The Kier molecular flexibility index (Phi) is 11.6. The van der Waals surface area contributed by atoms with E-state index >= 15 is 0 Å². The summed E-state index contributed by atoms with van der Waals surface area (Å²) in [7, 11) is 0. The summed E-state index contributed by atoms with van der Waals surface area (Å²) in [6.07, 6.45) is 0.623. The number of rotatable bonds is 13. The number of benzene rings is 8. The van der Waals surface area contributed by atoms with Crippen molar-refractivity contribution in [2.24, 2.45) is 0 Å². The van der Waals surface area contributed by atoms with Crippen molar-refractivity contribution < 1.29 is 28.9 Å². The molecular weight excluding hydrogens is 817 g/mol. The average Bonchev–Trinajstić information content (AvgIpc) is 3.64. The molecule has 9 rings (SSSR count). The fourth-order valence-corrected chi connectivity index (χ4v) is 9.25. The standard InChI is InChI=1S/C55H38N2O6S/c1-3-36-21-22-37(32-47(36)54(58)38-12-9-13-43(31-38)64-63-62-59)44-16-10-20-53(49(44)34-57)61-42-29-25-40(26-30-42)55(50-17-6-4-14-45(50)46-15-5-7-18-51(46)55)39-23-27-41(28-24-39)60-52-19-8-11-35(2)48(52)33-56/h4-32,59H,3H2,1-2H3. The highest BCUT2D eigenvalue weighted by molar-refractivity contribution is 7.94. The molecule has 0 amide bonds. The number of ether oxygens (including phenoxy) is 2. The van der Waals surface area contributed by atoms with Crippen LogP contribution in [0, 0.1) is 29.6 Å². The summed E-state index contributed by atoms with van der Waals surface area (Å²) in [6, 6.07) is 61.3. The van der Waals surface area contributed by atoms with Gasteiger partial charge in [-0.25, -0.2) is 5.26 Å². The van der Waals surface area contributed by atoms with Gasteiger partial charge in [0.05, 0.1) is 23.0 Å². The van der Waals surface area contributed by atoms with E-state index in [9.17, 15) is 15.3 Å². The molecule has 0 aromatic heterocycles. The van der Waals surface area contributed by atoms with Crippen molar-refractivity contribution in [1.82, 2.24) is 0 Å². The average molecular weight is 855 g/mol. The summed E-state index contributed by atoms with van der Waals surface area (Å²) in [5.74, 6) is 1.87. The van der Waals surface area contributed by atoms with Gasteiger partial charge in [-0.15, -0.1) is 4.33 Å². The van der Waals surface area contributed by atoms with Gasteiger partial charge in [0.15, 0.2) is 5.78 Å². The number of ketones is 1. The lowest BCUT2D eigenvalue weighted by molar-refractivity contribution is -0.432. The monoisotopic (exact) mass is 854 g/mol. The smallest absolute Gasteiger partial charge is 0.193 e. The molecule has 64 heavy (non-hydrogen) atoms. The number of carbonyl (C=O) groups excluding carboxylic acids is 1. The fraction of sp³-hybridized carbons (Fsp3) is 0.0727. The van der Waals surface area contributed by atoms with Crippen LogP contribution in [0.5, 0.6) is 23.0 Å². The molecule has 8 aromatic carbocycles. The lowest BCUT2D eigenvalue weighted by Crippen LogP contribution is -2.28. The number of aryl methyl sites for hydroxylation is 2. The van der Waals surface area contributed by atoms with E-state index in [4.69, 9.17) is 14.7 Å². The molecule has 0 radical (unpaired) electrons. The van der Waals surface area contributed by atoms with Gasteiger partial charge in [0.25, 0.3) is 0 Å². The Morgan fingerprint density at radius 2 is 1.19 bits per heavy atom. The van der Waals surface area contributed by atoms with Crippen molar-refractivity contribution in [1.29, 1.82) is 10.5 Å². The van der Waals surface area contributed by atoms with Crippen LogP contribution < -0.4 is 9.47 Å². The van der Waals surface area contributed by atoms with Crippen LogP contribution in [0.4, 0.5) is 0 Å². The third-order valence-electron chi connectivity index (χ3n) is 11.8. The molecule has 1 aliphatic rings. The third-order valence-corrected chi connectivity index (χ3v) is 12.3. The highest BCUT2D eigenvalue weighted by atomic mass is 32.2. The van der Waals surface area contributed by atoms with E-state index in [1.165, 1.54) is 0 Å². The van der Waals surface area contributed by atoms with E-state index in [2.05, 4.69) is 94.3 Å². The summed E-state index contributed by atoms with van der Waals surface area (Å²) < 4.78 is 17.4. The number of nitriles is 2. The Bertz CT molecular complexity index is 3100. The predicted octanol–water partition coefficient (Wildman–Crippen LogP) is 13.6. The maximum atomic E-state index is 13.9. The van der Waals surface area contributed by atoms with Crippen LogP contribution in [0.2, 0.25) is 0 Å². The van der Waals surface area contributed by atoms with E-state index in [0.29, 0.717) is 67.7 Å². The first kappa shape index (κ1) is 41.6. The van der Waals surface area contributed by atoms with Gasteiger partial charge < -0.3 is 9.47 Å². The Labute approximate surface area is 375 Å². The fourth-order valence-electron chi connectivity index (χ4n) is 8.83. The molecule has 310 valence electrons. The maximum Gasteiger partial charge on any atom is 0.193 e. The van der Waals surface area contributed by atoms with Crippen molar-refractivity contribution in [2.75, 3.05) is 0 Å². The first-order chi connectivity index (χ1) is 31.4. The first-order valence-electron chi connectivity index (χ1n) is 20.6. The zero-order valence-electron chi connectivity index (χ0n) is 34.7. The highest BCUT2D eigenvalue weighted by Crippen LogP contribution is 2.56. The molecule has 0 atom stereocenters. The summed E-state index contributed by atoms with van der Waals surface area (Å²) in [4.78, 5) is 14.5. The van der Waals surface area contributed by atoms with Crippen LogP contribution in [0.25, 0.3) is 22.3 Å². The van der Waals surface area contributed by atoms with Crippen molar-refractivity contribution in [3.05, 3.63) is 232 Å². The Morgan fingerprint density at radius 3 is 1.78 bits per heavy atom. The molecule has 0 saturated heterocycles. The maximum absolute atomic E-state index is 13.9. The molecule has 9 heteroatoms. The zero-order valence-corrected chi connectivity index (χ0v) is 35.6. The molecule has 1 aliphatic carbocycles. The molecule has 0 fully saturated rings. The van der Waals surface area contributed by atoms with Crippen LogP contribution in [0.3, 0.4) is 0 Å². The zero-order chi connectivity index (χ0) is 44.2. The Balaban J connectivity index is 1.06. The molecule has 0 heterocycles. The van der Waals surface area contributed by atoms with Crippen LogP contribution >= 0.6 is 12.0 Å². The van der Waals surface area contributed by atoms with E-state index < -0.39 is 5.41 Å². The number of fused-ring (bicyclic) bond motifs is 3. The van der Waals surface area contributed by atoms with Gasteiger partial charge in [-0.3, -0.25) is 4.79 Å². The lowest BCUT2D eigenvalue weighted by Gasteiger charge is -2.34. The Hall–Kier alpha value is -7.76. The van der Waals surface area contributed by atoms with Gasteiger partial charge in [-0.2, -0.15) is 10.5 Å². The second kappa shape index (κ2) is 17.9. The molecule has 0 spiro atoms. The molecule has 1 N–H and O–H groups in total. The van der Waals surface area contributed by atoms with Gasteiger partial charge in [0.2, 0.25) is 0 Å². The van der Waals surface area contributed by atoms with Gasteiger partial charge in [-0.1, -0.05) is 133 Å². The normalized spacial score (nSPS) is 12.1. The van der Waals surface area contributed by atoms with E-state index in [1.54, 1.807) is 30.3 Å². The number of carbonyl (C=O) groups is 1.